The van der Waals surface area contributed by atoms with Crippen LogP contribution in [0, 0.1) is 12.8 Å². The van der Waals surface area contributed by atoms with Crippen molar-refractivity contribution >= 4 is 23.9 Å². The van der Waals surface area contributed by atoms with Crippen LogP contribution in [0.5, 0.6) is 0 Å². The van der Waals surface area contributed by atoms with Gasteiger partial charge in [-0.2, -0.15) is 0 Å². The third kappa shape index (κ3) is 10.2. The molecule has 0 saturated heterocycles. The molecule has 2 atom stereocenters. The second kappa shape index (κ2) is 14.4. The molecule has 0 fully saturated rings. The predicted octanol–water partition coefficient (Wildman–Crippen LogP) is 2.48. The van der Waals surface area contributed by atoms with E-state index in [1.54, 1.807) is 53.7 Å². The van der Waals surface area contributed by atoms with E-state index in [0.717, 1.165) is 5.56 Å². The first-order valence-corrected chi connectivity index (χ1v) is 12.2. The van der Waals surface area contributed by atoms with Crippen LogP contribution in [0.3, 0.4) is 0 Å². The van der Waals surface area contributed by atoms with Crippen LogP contribution in [0.1, 0.15) is 65.1 Å². The quantitative estimate of drug-likeness (QED) is 0.370. The van der Waals surface area contributed by atoms with Gasteiger partial charge < -0.3 is 30.1 Å². The minimum absolute atomic E-state index is 0.0188. The number of amides is 3. The number of benzene rings is 1. The van der Waals surface area contributed by atoms with Gasteiger partial charge >= 0.3 is 12.1 Å². The van der Waals surface area contributed by atoms with E-state index >= 15 is 0 Å². The monoisotopic (exact) mass is 507 g/mol. The van der Waals surface area contributed by atoms with Gasteiger partial charge in [-0.05, 0) is 46.1 Å². The number of hydrogen-bond donors (Lipinski definition) is 3. The number of rotatable bonds is 12. The zero-order valence-electron chi connectivity index (χ0n) is 22.4. The molecular formula is C26H41N3O7. The highest BCUT2D eigenvalue weighted by molar-refractivity contribution is 5.92. The van der Waals surface area contributed by atoms with Crippen LogP contribution in [0.25, 0.3) is 0 Å². The van der Waals surface area contributed by atoms with Gasteiger partial charge in [0.1, 0.15) is 17.7 Å². The minimum Gasteiger partial charge on any atom is -0.466 e. The summed E-state index contributed by atoms with van der Waals surface area (Å²) in [6.45, 7) is 12.0. The summed E-state index contributed by atoms with van der Waals surface area (Å²) in [7, 11) is 0. The van der Waals surface area contributed by atoms with Gasteiger partial charge in [0.05, 0.1) is 19.6 Å². The summed E-state index contributed by atoms with van der Waals surface area (Å²) in [5.74, 6) is -1.85. The molecule has 0 aliphatic rings. The summed E-state index contributed by atoms with van der Waals surface area (Å²) in [5, 5.41) is 15.1. The number of nitrogens with one attached hydrogen (secondary N) is 2. The first-order chi connectivity index (χ1) is 16.8. The molecule has 1 aromatic rings. The molecule has 1 aromatic carbocycles. The van der Waals surface area contributed by atoms with Gasteiger partial charge in [0.2, 0.25) is 11.8 Å². The normalized spacial score (nSPS) is 12.9. The molecule has 0 bridgehead atoms. The molecule has 0 heterocycles. The number of nitrogens with zero attached hydrogens (tertiary/aromatic N) is 1. The van der Waals surface area contributed by atoms with Crippen LogP contribution in [0.15, 0.2) is 24.3 Å². The lowest BCUT2D eigenvalue weighted by Gasteiger charge is -2.35. The standard InChI is InChI=1S/C26H41N3O7/c1-8-35-20(31)13-14-27-23(32)22(19-11-9-18(4)10-12-19)29(15-16-30)24(33)21(17(2)3)28-25(34)36-26(5,6)7/h9-12,17,21-22,30H,8,13-16H2,1-7H3,(H,27,32)(H,28,34). The molecule has 202 valence electrons. The average molecular weight is 508 g/mol. The molecule has 0 aliphatic heterocycles. The van der Waals surface area contributed by atoms with E-state index < -0.39 is 48.2 Å². The van der Waals surface area contributed by atoms with Crippen molar-refractivity contribution in [2.75, 3.05) is 26.3 Å². The number of ether oxygens (including phenoxy) is 2. The number of aryl methyl sites for hydroxylation is 1. The molecule has 10 heteroatoms. The molecule has 0 aromatic heterocycles. The molecule has 3 N–H and O–H groups in total. The van der Waals surface area contributed by atoms with Crippen LogP contribution >= 0.6 is 0 Å². The summed E-state index contributed by atoms with van der Waals surface area (Å²) < 4.78 is 10.2. The van der Waals surface area contributed by atoms with Gasteiger partial charge in [-0.15, -0.1) is 0 Å². The maximum absolute atomic E-state index is 13.7. The van der Waals surface area contributed by atoms with Gasteiger partial charge in [-0.1, -0.05) is 43.7 Å². The highest BCUT2D eigenvalue weighted by atomic mass is 16.6. The Morgan fingerprint density at radius 3 is 2.19 bits per heavy atom. The zero-order valence-corrected chi connectivity index (χ0v) is 22.4. The minimum atomic E-state index is -1.10. The molecule has 0 aliphatic carbocycles. The maximum Gasteiger partial charge on any atom is 0.408 e. The Balaban J connectivity index is 3.29. The van der Waals surface area contributed by atoms with Gasteiger partial charge in [-0.3, -0.25) is 14.4 Å². The summed E-state index contributed by atoms with van der Waals surface area (Å²) in [6.07, 6.45) is -0.785. The summed E-state index contributed by atoms with van der Waals surface area (Å²) in [6, 6.07) is 4.98. The van der Waals surface area contributed by atoms with Crippen molar-refractivity contribution in [3.05, 3.63) is 35.4 Å². The van der Waals surface area contributed by atoms with Crippen molar-refractivity contribution in [2.24, 2.45) is 5.92 Å². The van der Waals surface area contributed by atoms with Crippen molar-refractivity contribution in [1.29, 1.82) is 0 Å². The van der Waals surface area contributed by atoms with Crippen molar-refractivity contribution in [2.45, 2.75) is 72.6 Å². The van der Waals surface area contributed by atoms with Crippen LogP contribution in [-0.4, -0.2) is 71.8 Å². The lowest BCUT2D eigenvalue weighted by molar-refractivity contribution is -0.145. The predicted molar refractivity (Wildman–Crippen MR) is 135 cm³/mol. The average Bonchev–Trinajstić information content (AvgIpc) is 2.76. The second-order valence-electron chi connectivity index (χ2n) is 9.78. The van der Waals surface area contributed by atoms with E-state index in [-0.39, 0.29) is 32.0 Å². The van der Waals surface area contributed by atoms with Crippen molar-refractivity contribution in [3.8, 4) is 0 Å². The van der Waals surface area contributed by atoms with Crippen LogP contribution in [-0.2, 0) is 23.9 Å². The van der Waals surface area contributed by atoms with Crippen molar-refractivity contribution in [3.63, 3.8) is 0 Å². The largest absolute Gasteiger partial charge is 0.466 e. The van der Waals surface area contributed by atoms with E-state index in [1.165, 1.54) is 4.90 Å². The second-order valence-corrected chi connectivity index (χ2v) is 9.78. The molecule has 0 spiro atoms. The number of aliphatic hydroxyl groups excluding tert-OH is 1. The number of esters is 1. The van der Waals surface area contributed by atoms with E-state index in [0.29, 0.717) is 5.56 Å². The molecule has 0 radical (unpaired) electrons. The Hall–Kier alpha value is -3.14. The Morgan fingerprint density at radius 1 is 1.08 bits per heavy atom. The first kappa shape index (κ1) is 30.9. The third-order valence-corrected chi connectivity index (χ3v) is 5.12. The number of aliphatic hydroxyl groups is 1. The molecular weight excluding hydrogens is 466 g/mol. The fraction of sp³-hybridized carbons (Fsp3) is 0.615. The highest BCUT2D eigenvalue weighted by Gasteiger charge is 2.37. The SMILES string of the molecule is CCOC(=O)CCNC(=O)C(c1ccc(C)cc1)N(CCO)C(=O)C(NC(=O)OC(C)(C)C)C(C)C. The zero-order chi connectivity index (χ0) is 27.5. The fourth-order valence-electron chi connectivity index (χ4n) is 3.44. The van der Waals surface area contributed by atoms with Crippen LogP contribution in [0.4, 0.5) is 4.79 Å². The van der Waals surface area contributed by atoms with Gasteiger partial charge in [0.15, 0.2) is 0 Å². The summed E-state index contributed by atoms with van der Waals surface area (Å²) >= 11 is 0. The summed E-state index contributed by atoms with van der Waals surface area (Å²) in [4.78, 5) is 52.4. The number of carbonyl (C=O) groups is 4. The number of alkyl carbamates (subject to hydrolysis) is 1. The molecule has 2 unspecified atom stereocenters. The van der Waals surface area contributed by atoms with Crippen molar-refractivity contribution < 1.29 is 33.8 Å². The van der Waals surface area contributed by atoms with Crippen molar-refractivity contribution in [1.82, 2.24) is 15.5 Å². The summed E-state index contributed by atoms with van der Waals surface area (Å²) in [5.41, 5.74) is 0.727. The molecule has 3 amide bonds. The Bertz CT molecular complexity index is 879. The smallest absolute Gasteiger partial charge is 0.408 e. The van der Waals surface area contributed by atoms with Gasteiger partial charge in [0, 0.05) is 13.1 Å². The topological polar surface area (TPSA) is 134 Å². The Kier molecular flexibility index (Phi) is 12.4. The lowest BCUT2D eigenvalue weighted by Crippen LogP contribution is -2.55. The lowest BCUT2D eigenvalue weighted by atomic mass is 9.98. The van der Waals surface area contributed by atoms with Gasteiger partial charge in [0.25, 0.3) is 0 Å². The first-order valence-electron chi connectivity index (χ1n) is 12.2. The molecule has 1 rings (SSSR count). The molecule has 36 heavy (non-hydrogen) atoms. The Labute approximate surface area is 213 Å². The third-order valence-electron chi connectivity index (χ3n) is 5.12. The van der Waals surface area contributed by atoms with E-state index in [2.05, 4.69) is 10.6 Å². The Morgan fingerprint density at radius 2 is 1.69 bits per heavy atom. The van der Waals surface area contributed by atoms with Crippen LogP contribution < -0.4 is 10.6 Å². The van der Waals surface area contributed by atoms with E-state index in [9.17, 15) is 24.3 Å². The number of hydrogen-bond acceptors (Lipinski definition) is 7. The molecule has 0 saturated carbocycles. The fourth-order valence-corrected chi connectivity index (χ4v) is 3.44. The van der Waals surface area contributed by atoms with E-state index in [1.807, 2.05) is 19.1 Å². The van der Waals surface area contributed by atoms with E-state index in [4.69, 9.17) is 9.47 Å². The van der Waals surface area contributed by atoms with Gasteiger partial charge in [-0.25, -0.2) is 4.79 Å². The maximum atomic E-state index is 13.7. The number of carbonyl (C=O) groups excluding carboxylic acids is 4. The molecule has 10 nitrogen and oxygen atoms in total. The highest BCUT2D eigenvalue weighted by Crippen LogP contribution is 2.24. The van der Waals surface area contributed by atoms with Crippen LogP contribution in [0.2, 0.25) is 0 Å².